The van der Waals surface area contributed by atoms with E-state index in [1.807, 2.05) is 0 Å². The molecule has 0 spiro atoms. The number of ether oxygens (including phenoxy) is 4. The van der Waals surface area contributed by atoms with E-state index in [4.69, 9.17) is 18.9 Å². The summed E-state index contributed by atoms with van der Waals surface area (Å²) >= 11 is 0. The first-order valence-electron chi connectivity index (χ1n) is 9.74. The van der Waals surface area contributed by atoms with Crippen molar-refractivity contribution in [1.82, 2.24) is 10.3 Å². The molecule has 1 fully saturated rings. The minimum absolute atomic E-state index is 0.0190. The van der Waals surface area contributed by atoms with E-state index in [1.54, 1.807) is 47.4 Å². The van der Waals surface area contributed by atoms with E-state index in [1.165, 1.54) is 20.4 Å². The van der Waals surface area contributed by atoms with Crippen molar-refractivity contribution < 1.29 is 28.5 Å². The molecule has 0 unspecified atom stereocenters. The molecule has 9 heteroatoms. The van der Waals surface area contributed by atoms with Crippen molar-refractivity contribution in [2.75, 3.05) is 47.1 Å². The lowest BCUT2D eigenvalue weighted by molar-refractivity contribution is -0.137. The maximum atomic E-state index is 12.3. The predicted molar refractivity (Wildman–Crippen MR) is 114 cm³/mol. The van der Waals surface area contributed by atoms with Crippen LogP contribution in [0.5, 0.6) is 17.2 Å². The Bertz CT molecular complexity index is 923. The van der Waals surface area contributed by atoms with Gasteiger partial charge in [-0.1, -0.05) is 0 Å². The van der Waals surface area contributed by atoms with Gasteiger partial charge in [0.15, 0.2) is 18.1 Å². The third kappa shape index (κ3) is 6.19. The van der Waals surface area contributed by atoms with Gasteiger partial charge in [0, 0.05) is 18.7 Å². The van der Waals surface area contributed by atoms with Crippen LogP contribution in [0, 0.1) is 0 Å². The first kappa shape index (κ1) is 22.1. The molecule has 0 radical (unpaired) electrons. The molecule has 164 valence electrons. The highest BCUT2D eigenvalue weighted by molar-refractivity contribution is 5.95. The van der Waals surface area contributed by atoms with E-state index in [9.17, 15) is 9.59 Å². The van der Waals surface area contributed by atoms with Crippen LogP contribution in [0.2, 0.25) is 0 Å². The van der Waals surface area contributed by atoms with E-state index in [0.717, 1.165) is 5.56 Å². The van der Waals surface area contributed by atoms with Crippen LogP contribution < -0.4 is 19.6 Å². The van der Waals surface area contributed by atoms with Crippen LogP contribution in [0.15, 0.2) is 47.6 Å². The topological polar surface area (TPSA) is 98.7 Å². The second-order valence-electron chi connectivity index (χ2n) is 6.62. The minimum atomic E-state index is -0.376. The molecule has 2 aromatic rings. The molecule has 1 saturated heterocycles. The molecule has 9 nitrogen and oxygen atoms in total. The van der Waals surface area contributed by atoms with Crippen LogP contribution >= 0.6 is 0 Å². The Labute approximate surface area is 180 Å². The van der Waals surface area contributed by atoms with Crippen LogP contribution in [0.25, 0.3) is 0 Å². The Kier molecular flexibility index (Phi) is 7.83. The van der Waals surface area contributed by atoms with E-state index in [0.29, 0.717) is 49.1 Å². The molecule has 31 heavy (non-hydrogen) atoms. The lowest BCUT2D eigenvalue weighted by atomic mass is 10.2. The number of morpholine rings is 1. The summed E-state index contributed by atoms with van der Waals surface area (Å²) in [6.07, 6.45) is 1.52. The van der Waals surface area contributed by atoms with Crippen LogP contribution in [-0.4, -0.2) is 70.1 Å². The fourth-order valence-electron chi connectivity index (χ4n) is 2.91. The number of methoxy groups -OCH3 is 2. The van der Waals surface area contributed by atoms with Gasteiger partial charge in [-0.05, 0) is 48.0 Å². The number of carbonyl (C=O) groups is 2. The molecular formula is C22H25N3O6. The molecule has 2 aromatic carbocycles. The van der Waals surface area contributed by atoms with Crippen molar-refractivity contribution in [2.24, 2.45) is 5.10 Å². The molecule has 0 aromatic heterocycles. The van der Waals surface area contributed by atoms with Crippen LogP contribution in [0.1, 0.15) is 15.9 Å². The maximum Gasteiger partial charge on any atom is 0.271 e. The van der Waals surface area contributed by atoms with Crippen molar-refractivity contribution in [2.45, 2.75) is 0 Å². The van der Waals surface area contributed by atoms with Gasteiger partial charge in [-0.3, -0.25) is 9.59 Å². The van der Waals surface area contributed by atoms with Crippen molar-refractivity contribution >= 4 is 18.0 Å². The fourth-order valence-corrected chi connectivity index (χ4v) is 2.91. The molecule has 2 amide bonds. The summed E-state index contributed by atoms with van der Waals surface area (Å²) in [5.41, 5.74) is 3.63. The van der Waals surface area contributed by atoms with Crippen LogP contribution in [0.4, 0.5) is 0 Å². The van der Waals surface area contributed by atoms with Crippen molar-refractivity contribution in [1.29, 1.82) is 0 Å². The van der Waals surface area contributed by atoms with Crippen LogP contribution in [-0.2, 0) is 9.53 Å². The zero-order valence-electron chi connectivity index (χ0n) is 17.5. The first-order valence-corrected chi connectivity index (χ1v) is 9.74. The summed E-state index contributed by atoms with van der Waals surface area (Å²) in [7, 11) is 3.03. The number of amides is 2. The van der Waals surface area contributed by atoms with Gasteiger partial charge in [0.25, 0.3) is 11.8 Å². The number of rotatable bonds is 8. The highest BCUT2D eigenvalue weighted by atomic mass is 16.5. The van der Waals surface area contributed by atoms with E-state index in [2.05, 4.69) is 10.5 Å². The number of nitrogens with one attached hydrogen (secondary N) is 1. The van der Waals surface area contributed by atoms with Gasteiger partial charge in [0.1, 0.15) is 5.75 Å². The molecule has 1 aliphatic rings. The molecule has 1 aliphatic heterocycles. The van der Waals surface area contributed by atoms with Gasteiger partial charge in [-0.2, -0.15) is 5.10 Å². The normalized spacial score (nSPS) is 13.7. The largest absolute Gasteiger partial charge is 0.493 e. The third-order valence-corrected chi connectivity index (χ3v) is 4.63. The van der Waals surface area contributed by atoms with Gasteiger partial charge in [0.05, 0.1) is 33.6 Å². The summed E-state index contributed by atoms with van der Waals surface area (Å²) in [5.74, 6) is 1.14. The molecular weight excluding hydrogens is 402 g/mol. The Morgan fingerprint density at radius 2 is 1.77 bits per heavy atom. The number of nitrogens with zero attached hydrogens (tertiary/aromatic N) is 2. The molecule has 0 bridgehead atoms. The number of benzene rings is 2. The SMILES string of the molecule is COc1ccc(C(=O)N/N=C\c2ccc(OCC(=O)N3CCOCC3)cc2)cc1OC. The smallest absolute Gasteiger partial charge is 0.271 e. The molecule has 0 aliphatic carbocycles. The Hall–Kier alpha value is -3.59. The molecule has 0 atom stereocenters. The van der Waals surface area contributed by atoms with E-state index >= 15 is 0 Å². The van der Waals surface area contributed by atoms with E-state index < -0.39 is 0 Å². The fraction of sp³-hybridized carbons (Fsp3) is 0.318. The Morgan fingerprint density at radius 1 is 1.06 bits per heavy atom. The van der Waals surface area contributed by atoms with Crippen molar-refractivity contribution in [3.8, 4) is 17.2 Å². The lowest BCUT2D eigenvalue weighted by Gasteiger charge is -2.26. The highest BCUT2D eigenvalue weighted by Gasteiger charge is 2.17. The number of hydrogen-bond acceptors (Lipinski definition) is 7. The summed E-state index contributed by atoms with van der Waals surface area (Å²) in [6.45, 7) is 2.28. The van der Waals surface area contributed by atoms with Gasteiger partial charge in [-0.15, -0.1) is 0 Å². The quantitative estimate of drug-likeness (QED) is 0.509. The van der Waals surface area contributed by atoms with Gasteiger partial charge in [-0.25, -0.2) is 5.43 Å². The zero-order chi connectivity index (χ0) is 22.1. The third-order valence-electron chi connectivity index (χ3n) is 4.63. The summed E-state index contributed by atoms with van der Waals surface area (Å²) in [4.78, 5) is 26.1. The number of hydrazone groups is 1. The standard InChI is InChI=1S/C22H25N3O6/c1-28-19-8-5-17(13-20(19)29-2)22(27)24-23-14-16-3-6-18(7-4-16)31-15-21(26)25-9-11-30-12-10-25/h3-8,13-14H,9-12,15H2,1-2H3,(H,24,27)/b23-14-. The number of hydrogen-bond donors (Lipinski definition) is 1. The second-order valence-corrected chi connectivity index (χ2v) is 6.62. The van der Waals surface area contributed by atoms with E-state index in [-0.39, 0.29) is 18.4 Å². The first-order chi connectivity index (χ1) is 15.1. The molecule has 0 saturated carbocycles. The maximum absolute atomic E-state index is 12.3. The average molecular weight is 427 g/mol. The van der Waals surface area contributed by atoms with Crippen LogP contribution in [0.3, 0.4) is 0 Å². The second kappa shape index (κ2) is 11.0. The highest BCUT2D eigenvalue weighted by Crippen LogP contribution is 2.27. The predicted octanol–water partition coefficient (Wildman–Crippen LogP) is 1.71. The van der Waals surface area contributed by atoms with Crippen molar-refractivity contribution in [3.63, 3.8) is 0 Å². The molecule has 3 rings (SSSR count). The average Bonchev–Trinajstić information content (AvgIpc) is 2.83. The Balaban J connectivity index is 1.49. The number of carbonyl (C=O) groups excluding carboxylic acids is 2. The molecule has 1 N–H and O–H groups in total. The van der Waals surface area contributed by atoms with Gasteiger partial charge < -0.3 is 23.8 Å². The zero-order valence-corrected chi connectivity index (χ0v) is 17.5. The van der Waals surface area contributed by atoms with Gasteiger partial charge in [0.2, 0.25) is 0 Å². The summed E-state index contributed by atoms with van der Waals surface area (Å²) in [5, 5.41) is 3.97. The minimum Gasteiger partial charge on any atom is -0.493 e. The lowest BCUT2D eigenvalue weighted by Crippen LogP contribution is -2.42. The molecule has 1 heterocycles. The monoisotopic (exact) mass is 427 g/mol. The summed E-state index contributed by atoms with van der Waals surface area (Å²) < 4.78 is 21.1. The van der Waals surface area contributed by atoms with Gasteiger partial charge >= 0.3 is 0 Å². The Morgan fingerprint density at radius 3 is 2.45 bits per heavy atom. The van der Waals surface area contributed by atoms with Crippen molar-refractivity contribution in [3.05, 3.63) is 53.6 Å². The summed E-state index contributed by atoms with van der Waals surface area (Å²) in [6, 6.07) is 11.9.